The number of amides is 6. The number of aryl methyl sites for hydroxylation is 2. The highest BCUT2D eigenvalue weighted by Gasteiger charge is 2.44. The van der Waals surface area contributed by atoms with Crippen LogP contribution in [-0.4, -0.2) is 74.5 Å². The molecule has 6 rings (SSSR count). The standard InChI is InChI=1S/C33H34N6O7/c1-3-34-30(42)28(23-11-6-18(2)17-35-23)38(33(45)24-16-26(46-37-24)20-8-9-20)14-4-5-19-7-10-21-22(15-19)32(44)39(31(21)43)25-12-13-27(40)36-29(25)41/h6-7,10-11,15-17,20,25,28H,3-5,8-9,12-14H2,1-2H3,(H,34,42)(H,36,40,41). The summed E-state index contributed by atoms with van der Waals surface area (Å²) in [4.78, 5) is 84.6. The average molecular weight is 627 g/mol. The molecule has 3 aliphatic rings. The minimum atomic E-state index is -1.05. The Bertz CT molecular complexity index is 1730. The Labute approximate surface area is 264 Å². The second kappa shape index (κ2) is 12.7. The number of nitrogens with zero attached hydrogens (tertiary/aromatic N) is 4. The first kappa shape index (κ1) is 30.8. The molecule has 0 bridgehead atoms. The zero-order valence-electron chi connectivity index (χ0n) is 25.6. The van der Waals surface area contributed by atoms with Gasteiger partial charge in [-0.2, -0.15) is 0 Å². The topological polar surface area (TPSA) is 172 Å². The van der Waals surface area contributed by atoms with Gasteiger partial charge in [0.2, 0.25) is 17.7 Å². The summed E-state index contributed by atoms with van der Waals surface area (Å²) in [6, 6.07) is 8.03. The molecule has 3 aromatic rings. The minimum Gasteiger partial charge on any atom is -0.360 e. The Balaban J connectivity index is 1.23. The number of benzene rings is 1. The van der Waals surface area contributed by atoms with Crippen LogP contribution < -0.4 is 10.6 Å². The van der Waals surface area contributed by atoms with Crippen LogP contribution >= 0.6 is 0 Å². The summed E-state index contributed by atoms with van der Waals surface area (Å²) < 4.78 is 5.45. The van der Waals surface area contributed by atoms with Gasteiger partial charge in [0.05, 0.1) is 16.8 Å². The molecule has 6 amide bonds. The number of pyridine rings is 1. The number of piperidine rings is 1. The molecule has 4 heterocycles. The normalized spacial score (nSPS) is 18.3. The number of carbonyl (C=O) groups excluding carboxylic acids is 6. The summed E-state index contributed by atoms with van der Waals surface area (Å²) >= 11 is 0. The lowest BCUT2D eigenvalue weighted by atomic mass is 10.0. The number of hydrogen-bond donors (Lipinski definition) is 2. The molecular formula is C33H34N6O7. The molecule has 46 heavy (non-hydrogen) atoms. The zero-order valence-corrected chi connectivity index (χ0v) is 25.6. The van der Waals surface area contributed by atoms with Crippen molar-refractivity contribution in [2.24, 2.45) is 0 Å². The Morgan fingerprint density at radius 1 is 1.07 bits per heavy atom. The molecule has 1 aliphatic carbocycles. The van der Waals surface area contributed by atoms with Gasteiger partial charge < -0.3 is 14.7 Å². The van der Waals surface area contributed by atoms with E-state index in [-0.39, 0.29) is 48.0 Å². The summed E-state index contributed by atoms with van der Waals surface area (Å²) in [6.45, 7) is 4.18. The number of rotatable bonds is 11. The monoisotopic (exact) mass is 626 g/mol. The highest BCUT2D eigenvalue weighted by molar-refractivity contribution is 6.23. The van der Waals surface area contributed by atoms with E-state index in [0.717, 1.165) is 28.9 Å². The molecule has 238 valence electrons. The maximum absolute atomic E-state index is 14.0. The Hall–Kier alpha value is -5.20. The molecular weight excluding hydrogens is 592 g/mol. The van der Waals surface area contributed by atoms with Gasteiger partial charge in [-0.05, 0) is 75.3 Å². The van der Waals surface area contributed by atoms with Crippen LogP contribution in [0.4, 0.5) is 0 Å². The lowest BCUT2D eigenvalue weighted by Crippen LogP contribution is -2.54. The molecule has 2 fully saturated rings. The summed E-state index contributed by atoms with van der Waals surface area (Å²) in [7, 11) is 0. The van der Waals surface area contributed by atoms with Gasteiger partial charge in [0.1, 0.15) is 11.8 Å². The van der Waals surface area contributed by atoms with E-state index in [0.29, 0.717) is 30.8 Å². The minimum absolute atomic E-state index is 0.0376. The van der Waals surface area contributed by atoms with E-state index in [1.54, 1.807) is 43.5 Å². The van der Waals surface area contributed by atoms with Crippen molar-refractivity contribution in [2.45, 2.75) is 70.4 Å². The van der Waals surface area contributed by atoms with Crippen molar-refractivity contribution in [2.75, 3.05) is 13.1 Å². The predicted octanol–water partition coefficient (Wildman–Crippen LogP) is 2.61. The molecule has 2 unspecified atom stereocenters. The molecule has 13 heteroatoms. The molecule has 1 saturated heterocycles. The molecule has 0 radical (unpaired) electrons. The van der Waals surface area contributed by atoms with Crippen molar-refractivity contribution in [3.63, 3.8) is 0 Å². The number of carbonyl (C=O) groups is 6. The van der Waals surface area contributed by atoms with Gasteiger partial charge in [0.15, 0.2) is 11.7 Å². The van der Waals surface area contributed by atoms with Crippen molar-refractivity contribution in [1.82, 2.24) is 30.6 Å². The second-order valence-electron chi connectivity index (χ2n) is 11.9. The van der Waals surface area contributed by atoms with Crippen LogP contribution in [0, 0.1) is 6.92 Å². The Kier molecular flexibility index (Phi) is 8.48. The summed E-state index contributed by atoms with van der Waals surface area (Å²) in [5.74, 6) is -2.23. The van der Waals surface area contributed by atoms with E-state index in [9.17, 15) is 28.8 Å². The van der Waals surface area contributed by atoms with Gasteiger partial charge in [0, 0.05) is 37.7 Å². The Morgan fingerprint density at radius 2 is 1.85 bits per heavy atom. The van der Waals surface area contributed by atoms with Crippen molar-refractivity contribution < 1.29 is 33.3 Å². The number of aromatic nitrogens is 2. The molecule has 2 N–H and O–H groups in total. The van der Waals surface area contributed by atoms with Crippen LogP contribution in [0.15, 0.2) is 47.1 Å². The Morgan fingerprint density at radius 3 is 2.54 bits per heavy atom. The number of likely N-dealkylation sites (N-methyl/N-ethyl adjacent to an activating group) is 1. The second-order valence-corrected chi connectivity index (χ2v) is 11.9. The van der Waals surface area contributed by atoms with Crippen molar-refractivity contribution in [3.05, 3.63) is 82.0 Å². The lowest BCUT2D eigenvalue weighted by molar-refractivity contribution is -0.136. The molecule has 1 aromatic carbocycles. The van der Waals surface area contributed by atoms with Crippen LogP contribution in [0.2, 0.25) is 0 Å². The van der Waals surface area contributed by atoms with Gasteiger partial charge in [-0.15, -0.1) is 0 Å². The zero-order chi connectivity index (χ0) is 32.5. The molecule has 1 saturated carbocycles. The van der Waals surface area contributed by atoms with E-state index in [4.69, 9.17) is 4.52 Å². The van der Waals surface area contributed by atoms with Crippen LogP contribution in [0.1, 0.15) is 105 Å². The van der Waals surface area contributed by atoms with E-state index < -0.39 is 41.6 Å². The van der Waals surface area contributed by atoms with E-state index >= 15 is 0 Å². The SMILES string of the molecule is CCNC(=O)C(c1ccc(C)cn1)N(CCCc1ccc2c(c1)C(=O)N(C1CCC(=O)NC1=O)C2=O)C(=O)c1cc(C2CC2)on1. The number of hydrogen-bond acceptors (Lipinski definition) is 9. The van der Waals surface area contributed by atoms with Crippen molar-refractivity contribution in [1.29, 1.82) is 0 Å². The fourth-order valence-corrected chi connectivity index (χ4v) is 5.92. The first-order valence-corrected chi connectivity index (χ1v) is 15.5. The predicted molar refractivity (Wildman–Crippen MR) is 161 cm³/mol. The maximum Gasteiger partial charge on any atom is 0.277 e. The van der Waals surface area contributed by atoms with Gasteiger partial charge in [-0.3, -0.25) is 44.0 Å². The first-order chi connectivity index (χ1) is 22.2. The summed E-state index contributed by atoms with van der Waals surface area (Å²) in [5, 5.41) is 9.05. The van der Waals surface area contributed by atoms with Crippen molar-refractivity contribution in [3.8, 4) is 0 Å². The fourth-order valence-electron chi connectivity index (χ4n) is 5.92. The van der Waals surface area contributed by atoms with Gasteiger partial charge in [-0.25, -0.2) is 0 Å². The van der Waals surface area contributed by atoms with E-state index in [1.165, 1.54) is 4.90 Å². The largest absolute Gasteiger partial charge is 0.360 e. The third-order valence-corrected chi connectivity index (χ3v) is 8.48. The molecule has 2 aliphatic heterocycles. The van der Waals surface area contributed by atoms with Crippen LogP contribution in [0.3, 0.4) is 0 Å². The number of nitrogens with one attached hydrogen (secondary N) is 2. The fraction of sp³-hybridized carbons (Fsp3) is 0.394. The van der Waals surface area contributed by atoms with Crippen molar-refractivity contribution >= 4 is 35.4 Å². The highest BCUT2D eigenvalue weighted by atomic mass is 16.5. The van der Waals surface area contributed by atoms with Crippen LogP contribution in [-0.2, 0) is 20.8 Å². The van der Waals surface area contributed by atoms with E-state index in [1.807, 2.05) is 13.0 Å². The van der Waals surface area contributed by atoms with Gasteiger partial charge >= 0.3 is 0 Å². The summed E-state index contributed by atoms with van der Waals surface area (Å²) in [5.41, 5.74) is 2.53. The molecule has 2 atom stereocenters. The quantitative estimate of drug-likeness (QED) is 0.304. The lowest BCUT2D eigenvalue weighted by Gasteiger charge is -2.30. The number of imide groups is 2. The maximum atomic E-state index is 14.0. The van der Waals surface area contributed by atoms with Crippen LogP contribution in [0.25, 0.3) is 0 Å². The number of fused-ring (bicyclic) bond motifs is 1. The third-order valence-electron chi connectivity index (χ3n) is 8.48. The average Bonchev–Trinajstić information content (AvgIpc) is 3.72. The van der Waals surface area contributed by atoms with E-state index in [2.05, 4.69) is 20.8 Å². The first-order valence-electron chi connectivity index (χ1n) is 15.5. The smallest absolute Gasteiger partial charge is 0.277 e. The van der Waals surface area contributed by atoms with Gasteiger partial charge in [-0.1, -0.05) is 17.3 Å². The highest BCUT2D eigenvalue weighted by Crippen LogP contribution is 2.40. The van der Waals surface area contributed by atoms with Gasteiger partial charge in [0.25, 0.3) is 17.7 Å². The summed E-state index contributed by atoms with van der Waals surface area (Å²) in [6.07, 6.45) is 4.51. The molecule has 13 nitrogen and oxygen atoms in total. The molecule has 0 spiro atoms. The van der Waals surface area contributed by atoms with Crippen LogP contribution in [0.5, 0.6) is 0 Å². The third kappa shape index (κ3) is 6.04. The molecule has 2 aromatic heterocycles.